The van der Waals surface area contributed by atoms with E-state index in [9.17, 15) is 14.4 Å². The van der Waals surface area contributed by atoms with Crippen LogP contribution < -0.4 is 19.5 Å². The van der Waals surface area contributed by atoms with Crippen molar-refractivity contribution >= 4 is 52.2 Å². The van der Waals surface area contributed by atoms with Crippen LogP contribution in [-0.2, 0) is 16.2 Å². The van der Waals surface area contributed by atoms with Crippen LogP contribution in [-0.4, -0.2) is 42.2 Å². The van der Waals surface area contributed by atoms with Gasteiger partial charge in [0.05, 0.1) is 23.6 Å². The number of ether oxygens (including phenoxy) is 3. The molecule has 1 N–H and O–H groups in total. The van der Waals surface area contributed by atoms with Gasteiger partial charge >= 0.3 is 0 Å². The fourth-order valence-corrected chi connectivity index (χ4v) is 4.94. The Bertz CT molecular complexity index is 1440. The van der Waals surface area contributed by atoms with Gasteiger partial charge < -0.3 is 19.5 Å². The Kier molecular flexibility index (Phi) is 9.16. The predicted molar refractivity (Wildman–Crippen MR) is 152 cm³/mol. The molecule has 0 aliphatic carbocycles. The molecule has 3 aromatic rings. The normalized spacial score (nSPS) is 14.1. The number of amides is 3. The minimum atomic E-state index is -0.550. The maximum Gasteiger partial charge on any atom is 0.294 e. The van der Waals surface area contributed by atoms with E-state index in [1.807, 2.05) is 32.0 Å². The Hall–Kier alpha value is -3.95. The number of halogens is 1. The molecule has 1 aliphatic heterocycles. The topological polar surface area (TPSA) is 94.2 Å². The number of imide groups is 1. The highest BCUT2D eigenvalue weighted by molar-refractivity contribution is 8.18. The number of benzene rings is 3. The molecule has 3 amide bonds. The fraction of sp³-hybridized carbons (Fsp3) is 0.207. The molecule has 3 aromatic carbocycles. The summed E-state index contributed by atoms with van der Waals surface area (Å²) in [6.45, 7) is 4.27. The zero-order chi connectivity index (χ0) is 27.9. The van der Waals surface area contributed by atoms with Crippen molar-refractivity contribution in [3.05, 3.63) is 87.3 Å². The molecular weight excluding hydrogens is 540 g/mol. The number of aryl methyl sites for hydroxylation is 1. The quantitative estimate of drug-likeness (QED) is 0.287. The molecule has 0 aromatic heterocycles. The van der Waals surface area contributed by atoms with Gasteiger partial charge in [-0.25, -0.2) is 0 Å². The first-order valence-electron chi connectivity index (χ1n) is 12.1. The average molecular weight is 567 g/mol. The molecule has 202 valence electrons. The van der Waals surface area contributed by atoms with E-state index in [2.05, 4.69) is 11.4 Å². The number of thioether (sulfide) groups is 1. The molecule has 0 spiro atoms. The number of rotatable bonds is 10. The van der Waals surface area contributed by atoms with Gasteiger partial charge in [0.2, 0.25) is 5.91 Å². The van der Waals surface area contributed by atoms with Crippen molar-refractivity contribution in [2.45, 2.75) is 20.5 Å². The van der Waals surface area contributed by atoms with Crippen molar-refractivity contribution in [3.63, 3.8) is 0 Å². The largest absolute Gasteiger partial charge is 0.495 e. The van der Waals surface area contributed by atoms with Crippen LogP contribution in [0.2, 0.25) is 5.02 Å². The highest BCUT2D eigenvalue weighted by Gasteiger charge is 2.36. The molecule has 10 heteroatoms. The Morgan fingerprint density at radius 3 is 2.54 bits per heavy atom. The summed E-state index contributed by atoms with van der Waals surface area (Å²) in [5.41, 5.74) is 3.26. The molecular formula is C29H27ClN2O6S. The van der Waals surface area contributed by atoms with Crippen molar-refractivity contribution in [3.8, 4) is 17.2 Å². The lowest BCUT2D eigenvalue weighted by Crippen LogP contribution is -2.36. The summed E-state index contributed by atoms with van der Waals surface area (Å²) in [5, 5.41) is 2.43. The predicted octanol–water partition coefficient (Wildman–Crippen LogP) is 6.31. The molecule has 0 unspecified atom stereocenters. The molecule has 1 fully saturated rings. The summed E-state index contributed by atoms with van der Waals surface area (Å²) in [5.74, 6) is 0.470. The van der Waals surface area contributed by atoms with Crippen molar-refractivity contribution in [2.75, 3.05) is 25.6 Å². The zero-order valence-corrected chi connectivity index (χ0v) is 23.2. The summed E-state index contributed by atoms with van der Waals surface area (Å²) in [6, 6.07) is 18.1. The van der Waals surface area contributed by atoms with Gasteiger partial charge in [0.25, 0.3) is 11.1 Å². The number of anilines is 1. The second-order valence-electron chi connectivity index (χ2n) is 8.58. The SMILES string of the molecule is CCOc1cc(/C=C2\SC(=O)N(CC(=O)Nc3ccc(OC)c(Cl)c3)C2=O)ccc1OCc1cccc(C)c1. The number of nitrogens with zero attached hydrogens (tertiary/aromatic N) is 1. The highest BCUT2D eigenvalue weighted by atomic mass is 35.5. The van der Waals surface area contributed by atoms with Gasteiger partial charge in [-0.1, -0.05) is 47.5 Å². The molecule has 8 nitrogen and oxygen atoms in total. The van der Waals surface area contributed by atoms with Crippen molar-refractivity contribution in [1.29, 1.82) is 0 Å². The Morgan fingerprint density at radius 2 is 1.82 bits per heavy atom. The molecule has 0 bridgehead atoms. The first kappa shape index (κ1) is 28.1. The Labute approximate surface area is 235 Å². The van der Waals surface area contributed by atoms with Gasteiger partial charge in [-0.3, -0.25) is 19.3 Å². The van der Waals surface area contributed by atoms with Crippen LogP contribution in [0.3, 0.4) is 0 Å². The third-order valence-corrected chi connectivity index (χ3v) is 6.86. The minimum Gasteiger partial charge on any atom is -0.495 e. The van der Waals surface area contributed by atoms with Crippen LogP contribution in [0.15, 0.2) is 65.6 Å². The maximum atomic E-state index is 13.0. The standard InChI is InChI=1S/C29H27ClN2O6S/c1-4-37-25-13-19(8-10-24(25)38-17-20-7-5-6-18(2)12-20)14-26-28(34)32(29(35)39-26)16-27(33)31-21-9-11-23(36-3)22(30)15-21/h5-15H,4,16-17H2,1-3H3,(H,31,33)/b26-14-. The number of carbonyl (C=O) groups is 3. The molecule has 0 saturated carbocycles. The summed E-state index contributed by atoms with van der Waals surface area (Å²) < 4.78 is 16.8. The van der Waals surface area contributed by atoms with Gasteiger partial charge in [0.15, 0.2) is 11.5 Å². The van der Waals surface area contributed by atoms with Gasteiger partial charge in [-0.05, 0) is 73.1 Å². The van der Waals surface area contributed by atoms with E-state index in [4.69, 9.17) is 25.8 Å². The van der Waals surface area contributed by atoms with Gasteiger partial charge in [-0.2, -0.15) is 0 Å². The maximum absolute atomic E-state index is 13.0. The molecule has 4 rings (SSSR count). The summed E-state index contributed by atoms with van der Waals surface area (Å²) in [6.07, 6.45) is 1.60. The second kappa shape index (κ2) is 12.7. The van der Waals surface area contributed by atoms with E-state index in [0.29, 0.717) is 46.7 Å². The van der Waals surface area contributed by atoms with E-state index in [-0.39, 0.29) is 4.91 Å². The first-order valence-corrected chi connectivity index (χ1v) is 13.3. The number of carbonyl (C=O) groups excluding carboxylic acids is 3. The Morgan fingerprint density at radius 1 is 1.03 bits per heavy atom. The molecule has 1 aliphatic rings. The monoisotopic (exact) mass is 566 g/mol. The van der Waals surface area contributed by atoms with E-state index < -0.39 is 23.6 Å². The summed E-state index contributed by atoms with van der Waals surface area (Å²) in [4.78, 5) is 39.1. The van der Waals surface area contributed by atoms with Crippen LogP contribution >= 0.6 is 23.4 Å². The summed E-state index contributed by atoms with van der Waals surface area (Å²) >= 11 is 6.87. The molecule has 1 saturated heterocycles. The third-order valence-electron chi connectivity index (χ3n) is 5.65. The smallest absolute Gasteiger partial charge is 0.294 e. The molecule has 39 heavy (non-hydrogen) atoms. The zero-order valence-electron chi connectivity index (χ0n) is 21.7. The van der Waals surface area contributed by atoms with Crippen molar-refractivity contribution in [1.82, 2.24) is 4.90 Å². The van der Waals surface area contributed by atoms with Crippen LogP contribution in [0.4, 0.5) is 10.5 Å². The third kappa shape index (κ3) is 7.13. The average Bonchev–Trinajstić information content (AvgIpc) is 3.15. The van der Waals surface area contributed by atoms with Crippen molar-refractivity contribution < 1.29 is 28.6 Å². The van der Waals surface area contributed by atoms with Crippen LogP contribution in [0, 0.1) is 6.92 Å². The number of methoxy groups -OCH3 is 1. The van der Waals surface area contributed by atoms with Crippen molar-refractivity contribution in [2.24, 2.45) is 0 Å². The summed E-state index contributed by atoms with van der Waals surface area (Å²) in [7, 11) is 1.49. The fourth-order valence-electron chi connectivity index (χ4n) is 3.84. The molecule has 0 atom stereocenters. The van der Waals surface area contributed by atoms with E-state index in [0.717, 1.165) is 27.8 Å². The van der Waals surface area contributed by atoms with E-state index in [1.165, 1.54) is 13.2 Å². The lowest BCUT2D eigenvalue weighted by molar-refractivity contribution is -0.127. The number of hydrogen-bond donors (Lipinski definition) is 1. The molecule has 1 heterocycles. The number of hydrogen-bond acceptors (Lipinski definition) is 7. The lowest BCUT2D eigenvalue weighted by atomic mass is 10.1. The molecule has 0 radical (unpaired) electrons. The lowest BCUT2D eigenvalue weighted by Gasteiger charge is -2.13. The van der Waals surface area contributed by atoms with Gasteiger partial charge in [0.1, 0.15) is 18.9 Å². The van der Waals surface area contributed by atoms with Crippen LogP contribution in [0.25, 0.3) is 6.08 Å². The number of nitrogens with one attached hydrogen (secondary N) is 1. The van der Waals surface area contributed by atoms with Crippen LogP contribution in [0.5, 0.6) is 17.2 Å². The van der Waals surface area contributed by atoms with E-state index in [1.54, 1.807) is 36.4 Å². The van der Waals surface area contributed by atoms with Gasteiger partial charge in [-0.15, -0.1) is 0 Å². The second-order valence-corrected chi connectivity index (χ2v) is 9.98. The first-order chi connectivity index (χ1) is 18.8. The minimum absolute atomic E-state index is 0.205. The van der Waals surface area contributed by atoms with Crippen LogP contribution in [0.1, 0.15) is 23.6 Å². The highest BCUT2D eigenvalue weighted by Crippen LogP contribution is 2.35. The Balaban J connectivity index is 1.43. The van der Waals surface area contributed by atoms with E-state index >= 15 is 0 Å². The van der Waals surface area contributed by atoms with Gasteiger partial charge in [0, 0.05) is 5.69 Å².